The molecule has 0 aliphatic rings. The Labute approximate surface area is 174 Å². The molecular weight excluding hydrogens is 432 g/mol. The van der Waals surface area contributed by atoms with Gasteiger partial charge in [-0.25, -0.2) is 4.21 Å². The monoisotopic (exact) mass is 448 g/mol. The van der Waals surface area contributed by atoms with Gasteiger partial charge in [0.1, 0.15) is 11.5 Å². The Hall–Kier alpha value is -3.41. The molecule has 0 spiro atoms. The highest BCUT2D eigenvalue weighted by molar-refractivity contribution is 7.92. The smallest absolute Gasteiger partial charge is 0.286 e. The van der Waals surface area contributed by atoms with Crippen LogP contribution in [0.25, 0.3) is 0 Å². The van der Waals surface area contributed by atoms with Gasteiger partial charge in [0, 0.05) is 5.56 Å². The second-order valence-corrected chi connectivity index (χ2v) is 8.82. The lowest BCUT2D eigenvalue weighted by Gasteiger charge is -2.17. The number of primary amides is 1. The van der Waals surface area contributed by atoms with Gasteiger partial charge in [-0.3, -0.25) is 10.0 Å². The van der Waals surface area contributed by atoms with Crippen LogP contribution in [0, 0.1) is 0 Å². The van der Waals surface area contributed by atoms with E-state index in [1.807, 2.05) is 0 Å². The summed E-state index contributed by atoms with van der Waals surface area (Å²) >= 11 is -1.88. The van der Waals surface area contributed by atoms with E-state index in [0.717, 1.165) is 6.07 Å². The molecule has 0 bridgehead atoms. The third kappa shape index (κ3) is 4.59. The minimum atomic E-state index is -4.36. The standard InChI is InChI=1S/C19H16N2O7S2/c20-19(23)13-2-1-3-14(12-13)21(24)30(26,27)18-10-6-16(7-11-18)28-29(25)17-8-4-15(22)5-9-17/h1-12,22,24H,(H2,20,23). The maximum atomic E-state index is 12.6. The molecule has 0 saturated carbocycles. The van der Waals surface area contributed by atoms with Crippen LogP contribution in [0.2, 0.25) is 0 Å². The molecule has 1 amide bonds. The summed E-state index contributed by atoms with van der Waals surface area (Å²) in [6, 6.07) is 15.6. The van der Waals surface area contributed by atoms with E-state index in [4.69, 9.17) is 9.92 Å². The molecule has 3 aromatic carbocycles. The normalized spacial score (nSPS) is 12.2. The van der Waals surface area contributed by atoms with E-state index in [-0.39, 0.29) is 32.1 Å². The number of phenols is 1. The van der Waals surface area contributed by atoms with Crippen molar-refractivity contribution in [2.24, 2.45) is 5.73 Å². The highest BCUT2D eigenvalue weighted by atomic mass is 32.2. The zero-order valence-electron chi connectivity index (χ0n) is 15.2. The Kier molecular flexibility index (Phi) is 6.06. The van der Waals surface area contributed by atoms with Gasteiger partial charge in [-0.2, -0.15) is 8.42 Å². The molecule has 0 heterocycles. The number of hydrogen-bond acceptors (Lipinski definition) is 7. The Balaban J connectivity index is 1.79. The summed E-state index contributed by atoms with van der Waals surface area (Å²) in [7, 11) is -4.36. The van der Waals surface area contributed by atoms with E-state index in [9.17, 15) is 27.7 Å². The summed E-state index contributed by atoms with van der Waals surface area (Å²) in [6.07, 6.45) is 0. The highest BCUT2D eigenvalue weighted by Gasteiger charge is 2.24. The van der Waals surface area contributed by atoms with Gasteiger partial charge in [0.25, 0.3) is 10.0 Å². The molecule has 1 unspecified atom stereocenters. The van der Waals surface area contributed by atoms with Gasteiger partial charge in [-0.1, -0.05) is 6.07 Å². The molecular formula is C19H16N2O7S2. The molecule has 0 aromatic heterocycles. The second-order valence-electron chi connectivity index (χ2n) is 5.95. The van der Waals surface area contributed by atoms with Crippen molar-refractivity contribution in [1.82, 2.24) is 0 Å². The van der Waals surface area contributed by atoms with Crippen LogP contribution in [0.3, 0.4) is 0 Å². The van der Waals surface area contributed by atoms with Gasteiger partial charge in [-0.05, 0) is 66.7 Å². The van der Waals surface area contributed by atoms with Gasteiger partial charge in [-0.15, -0.1) is 4.47 Å². The average molecular weight is 448 g/mol. The number of rotatable bonds is 7. The van der Waals surface area contributed by atoms with Crippen molar-refractivity contribution in [3.05, 3.63) is 78.4 Å². The molecule has 0 aliphatic carbocycles. The van der Waals surface area contributed by atoms with Crippen molar-refractivity contribution in [1.29, 1.82) is 0 Å². The number of carbonyl (C=O) groups excluding carboxylic acids is 1. The van der Waals surface area contributed by atoms with Crippen molar-refractivity contribution in [3.63, 3.8) is 0 Å². The maximum absolute atomic E-state index is 12.6. The first-order valence-electron chi connectivity index (χ1n) is 8.32. The van der Waals surface area contributed by atoms with Gasteiger partial charge in [0.2, 0.25) is 17.0 Å². The fourth-order valence-electron chi connectivity index (χ4n) is 2.38. The van der Waals surface area contributed by atoms with Crippen LogP contribution in [0.5, 0.6) is 11.5 Å². The number of anilines is 1. The molecule has 9 nitrogen and oxygen atoms in total. The lowest BCUT2D eigenvalue weighted by Crippen LogP contribution is -2.27. The van der Waals surface area contributed by atoms with E-state index < -0.39 is 27.0 Å². The number of aromatic hydroxyl groups is 1. The minimum absolute atomic E-state index is 0.0141. The quantitative estimate of drug-likeness (QED) is 0.469. The van der Waals surface area contributed by atoms with Crippen molar-refractivity contribution in [2.45, 2.75) is 9.79 Å². The summed E-state index contributed by atoms with van der Waals surface area (Å²) in [6.45, 7) is 0. The van der Waals surface area contributed by atoms with E-state index in [0.29, 0.717) is 4.90 Å². The molecule has 3 rings (SSSR count). The van der Waals surface area contributed by atoms with Crippen LogP contribution < -0.4 is 14.4 Å². The Morgan fingerprint density at radius 3 is 2.23 bits per heavy atom. The number of benzene rings is 3. The molecule has 3 aromatic rings. The predicted molar refractivity (Wildman–Crippen MR) is 108 cm³/mol. The lowest BCUT2D eigenvalue weighted by molar-refractivity contribution is 0.1000. The number of phenolic OH excluding ortho intramolecular Hbond substituents is 1. The molecule has 0 aliphatic heterocycles. The van der Waals surface area contributed by atoms with Crippen LogP contribution in [-0.4, -0.2) is 28.8 Å². The van der Waals surface area contributed by atoms with Crippen LogP contribution in [0.1, 0.15) is 10.4 Å². The first kappa shape index (κ1) is 21.3. The first-order chi connectivity index (χ1) is 14.2. The molecule has 30 heavy (non-hydrogen) atoms. The number of carbonyl (C=O) groups is 1. The summed E-state index contributed by atoms with van der Waals surface area (Å²) in [5.41, 5.74) is 5.03. The SMILES string of the molecule is NC(=O)c1cccc(N(O)S(=O)(=O)c2ccc(OS(=O)c3ccc(O)cc3)cc2)c1. The number of amides is 1. The van der Waals surface area contributed by atoms with Crippen LogP contribution in [0.4, 0.5) is 5.69 Å². The number of hydrogen-bond donors (Lipinski definition) is 3. The largest absolute Gasteiger partial charge is 0.508 e. The van der Waals surface area contributed by atoms with Gasteiger partial charge in [0.15, 0.2) is 0 Å². The number of nitrogens with two attached hydrogens (primary N) is 1. The molecule has 156 valence electrons. The number of sulfonamides is 1. The Bertz CT molecular complexity index is 1190. The fourth-order valence-corrected chi connectivity index (χ4v) is 4.19. The van der Waals surface area contributed by atoms with Crippen molar-refractivity contribution in [2.75, 3.05) is 4.47 Å². The molecule has 0 saturated heterocycles. The van der Waals surface area contributed by atoms with Crippen molar-refractivity contribution < 1.29 is 31.9 Å². The van der Waals surface area contributed by atoms with E-state index >= 15 is 0 Å². The summed E-state index contributed by atoms with van der Waals surface area (Å²) in [4.78, 5) is 11.3. The summed E-state index contributed by atoms with van der Waals surface area (Å²) in [5.74, 6) is -0.633. The second kappa shape index (κ2) is 8.53. The predicted octanol–water partition coefficient (Wildman–Crippen LogP) is 2.18. The topological polar surface area (TPSA) is 147 Å². The van der Waals surface area contributed by atoms with E-state index in [1.165, 1.54) is 66.7 Å². The highest BCUT2D eigenvalue weighted by Crippen LogP contribution is 2.25. The zero-order valence-corrected chi connectivity index (χ0v) is 16.8. The first-order valence-corrected chi connectivity index (χ1v) is 10.8. The zero-order chi connectivity index (χ0) is 21.9. The van der Waals surface area contributed by atoms with E-state index in [2.05, 4.69) is 0 Å². The Morgan fingerprint density at radius 1 is 1.00 bits per heavy atom. The third-order valence-electron chi connectivity index (χ3n) is 3.90. The Morgan fingerprint density at radius 2 is 1.63 bits per heavy atom. The van der Waals surface area contributed by atoms with Crippen LogP contribution in [0.15, 0.2) is 82.6 Å². The van der Waals surface area contributed by atoms with E-state index in [1.54, 1.807) is 0 Å². The van der Waals surface area contributed by atoms with Gasteiger partial charge in [0.05, 0.1) is 15.5 Å². The lowest BCUT2D eigenvalue weighted by atomic mass is 10.2. The molecule has 1 atom stereocenters. The van der Waals surface area contributed by atoms with Gasteiger partial charge < -0.3 is 15.0 Å². The van der Waals surface area contributed by atoms with Crippen molar-refractivity contribution >= 4 is 32.7 Å². The van der Waals surface area contributed by atoms with Crippen LogP contribution >= 0.6 is 0 Å². The maximum Gasteiger partial charge on any atom is 0.286 e. The van der Waals surface area contributed by atoms with Gasteiger partial charge >= 0.3 is 0 Å². The number of nitrogens with zero attached hydrogens (tertiary/aromatic N) is 1. The fraction of sp³-hybridized carbons (Fsp3) is 0. The van der Waals surface area contributed by atoms with Crippen LogP contribution in [-0.2, 0) is 21.1 Å². The summed E-state index contributed by atoms with van der Waals surface area (Å²) in [5, 5.41) is 19.4. The molecule has 0 fully saturated rings. The third-order valence-corrected chi connectivity index (χ3v) is 6.44. The summed E-state index contributed by atoms with van der Waals surface area (Å²) < 4.78 is 42.8. The average Bonchev–Trinajstić information content (AvgIpc) is 2.74. The molecule has 0 radical (unpaired) electrons. The molecule has 4 N–H and O–H groups in total. The van der Waals surface area contributed by atoms with Crippen molar-refractivity contribution in [3.8, 4) is 11.5 Å². The minimum Gasteiger partial charge on any atom is -0.508 e. The molecule has 11 heteroatoms.